The second-order valence-corrected chi connectivity index (χ2v) is 7.49. The quantitative estimate of drug-likeness (QED) is 0.373. The zero-order valence-electron chi connectivity index (χ0n) is 19.8. The van der Waals surface area contributed by atoms with Gasteiger partial charge in [0, 0.05) is 42.7 Å². The molecule has 1 aliphatic heterocycles. The van der Waals surface area contributed by atoms with E-state index in [9.17, 15) is 5.11 Å². The molecule has 1 saturated heterocycles. The lowest BCUT2D eigenvalue weighted by molar-refractivity contribution is 0.355. The van der Waals surface area contributed by atoms with Gasteiger partial charge in [0.05, 0.1) is 11.4 Å². The Balaban J connectivity index is 0.000000884. The van der Waals surface area contributed by atoms with Gasteiger partial charge in [-0.15, -0.1) is 10.2 Å². The lowest BCUT2D eigenvalue weighted by Gasteiger charge is -2.28. The Bertz CT molecular complexity index is 867. The molecule has 6 nitrogen and oxygen atoms in total. The van der Waals surface area contributed by atoms with Crippen LogP contribution >= 0.6 is 11.5 Å². The van der Waals surface area contributed by atoms with Crippen molar-refractivity contribution in [3.8, 4) is 17.0 Å². The second-order valence-electron chi connectivity index (χ2n) is 6.86. The van der Waals surface area contributed by atoms with E-state index in [0.717, 1.165) is 48.8 Å². The summed E-state index contributed by atoms with van der Waals surface area (Å²) in [4.78, 5) is 2.19. The molecule has 0 radical (unpaired) electrons. The molecular formula is C24H37N5OS. The van der Waals surface area contributed by atoms with Crippen LogP contribution in [0.1, 0.15) is 52.2 Å². The molecule has 2 heterocycles. The summed E-state index contributed by atoms with van der Waals surface area (Å²) >= 11 is 1.41. The highest BCUT2D eigenvalue weighted by molar-refractivity contribution is 7.04. The summed E-state index contributed by atoms with van der Waals surface area (Å²) in [7, 11) is 0. The van der Waals surface area contributed by atoms with E-state index in [1.807, 2.05) is 45.2 Å². The van der Waals surface area contributed by atoms with Crippen LogP contribution < -0.4 is 5.32 Å². The highest BCUT2D eigenvalue weighted by Crippen LogP contribution is 2.29. The molecule has 1 aromatic carbocycles. The fourth-order valence-electron chi connectivity index (χ4n) is 2.84. The van der Waals surface area contributed by atoms with E-state index >= 15 is 0 Å². The number of aromatic hydroxyl groups is 1. The number of hydrogen-bond acceptors (Lipinski definition) is 6. The molecule has 1 aromatic heterocycles. The van der Waals surface area contributed by atoms with Crippen molar-refractivity contribution in [2.75, 3.05) is 26.2 Å². The van der Waals surface area contributed by atoms with E-state index < -0.39 is 0 Å². The van der Waals surface area contributed by atoms with E-state index in [0.29, 0.717) is 11.3 Å². The molecule has 0 unspecified atom stereocenters. The maximum absolute atomic E-state index is 10.5. The lowest BCUT2D eigenvalue weighted by Crippen LogP contribution is -2.45. The highest BCUT2D eigenvalue weighted by atomic mass is 32.1. The first-order chi connectivity index (χ1) is 15.0. The van der Waals surface area contributed by atoms with Crippen LogP contribution in [0.5, 0.6) is 5.75 Å². The number of allylic oxidation sites excluding steroid dienone is 1. The first kappa shape index (κ1) is 26.5. The van der Waals surface area contributed by atoms with Gasteiger partial charge in [0.15, 0.2) is 0 Å². The highest BCUT2D eigenvalue weighted by Gasteiger charge is 2.13. The molecule has 2 aromatic rings. The third-order valence-corrected chi connectivity index (χ3v) is 5.11. The van der Waals surface area contributed by atoms with E-state index in [1.165, 1.54) is 18.0 Å². The van der Waals surface area contributed by atoms with Crippen molar-refractivity contribution in [2.45, 2.75) is 48.0 Å². The Morgan fingerprint density at radius 1 is 1.26 bits per heavy atom. The van der Waals surface area contributed by atoms with Crippen molar-refractivity contribution in [3.63, 3.8) is 0 Å². The summed E-state index contributed by atoms with van der Waals surface area (Å²) in [5, 5.41) is 24.4. The molecule has 3 rings (SSSR count). The number of piperazine rings is 1. The molecule has 0 saturated carbocycles. The van der Waals surface area contributed by atoms with Gasteiger partial charge in [-0.25, -0.2) is 0 Å². The van der Waals surface area contributed by atoms with Crippen LogP contribution in [0.15, 0.2) is 46.4 Å². The monoisotopic (exact) mass is 443 g/mol. The minimum atomic E-state index is 0.142. The lowest BCUT2D eigenvalue weighted by atomic mass is 10.0. The Labute approximate surface area is 191 Å². The second kappa shape index (κ2) is 14.5. The van der Waals surface area contributed by atoms with Crippen LogP contribution in [0, 0.1) is 6.92 Å². The van der Waals surface area contributed by atoms with Gasteiger partial charge in [-0.1, -0.05) is 46.8 Å². The largest absolute Gasteiger partial charge is 0.507 e. The Hall–Kier alpha value is -2.51. The van der Waals surface area contributed by atoms with Crippen LogP contribution in [0.2, 0.25) is 0 Å². The SMILES string of the molecule is C=C/C(=N\N=C(/C)N1CCNCC1)c1ccc(-c2nscc2C)cc1O.CC.CCC. The Morgan fingerprint density at radius 3 is 2.42 bits per heavy atom. The molecule has 31 heavy (non-hydrogen) atoms. The topological polar surface area (TPSA) is 73.1 Å². The number of benzene rings is 1. The minimum absolute atomic E-state index is 0.142. The van der Waals surface area contributed by atoms with Crippen molar-refractivity contribution in [1.29, 1.82) is 0 Å². The molecule has 7 heteroatoms. The van der Waals surface area contributed by atoms with Gasteiger partial charge in [-0.2, -0.15) is 4.37 Å². The number of nitrogens with one attached hydrogen (secondary N) is 1. The molecule has 1 aliphatic rings. The zero-order valence-corrected chi connectivity index (χ0v) is 20.6. The van der Waals surface area contributed by atoms with Gasteiger partial charge in [0.25, 0.3) is 0 Å². The molecular weight excluding hydrogens is 406 g/mol. The van der Waals surface area contributed by atoms with Crippen molar-refractivity contribution < 1.29 is 5.11 Å². The van der Waals surface area contributed by atoms with E-state index in [2.05, 4.69) is 45.2 Å². The number of aromatic nitrogens is 1. The summed E-state index contributed by atoms with van der Waals surface area (Å²) in [6.45, 7) is 19.7. The smallest absolute Gasteiger partial charge is 0.125 e. The van der Waals surface area contributed by atoms with E-state index in [4.69, 9.17) is 0 Å². The van der Waals surface area contributed by atoms with E-state index in [-0.39, 0.29) is 5.75 Å². The predicted octanol–water partition coefficient (Wildman–Crippen LogP) is 5.48. The number of hydrogen-bond donors (Lipinski definition) is 2. The number of phenols is 1. The summed E-state index contributed by atoms with van der Waals surface area (Å²) in [6, 6.07) is 5.48. The molecule has 170 valence electrons. The maximum Gasteiger partial charge on any atom is 0.125 e. The Morgan fingerprint density at radius 2 is 1.90 bits per heavy atom. The standard InChI is InChI=1S/C19H23N5OS.C3H8.C2H6/c1-4-17(22-21-14(3)24-9-7-20-8-10-24)16-6-5-15(11-18(16)25)19-13(2)12-26-23-19;1-3-2;1-2/h4-6,11-12,20,25H,1,7-10H2,2-3H3;3H2,1-2H3;1-2H3/b21-14+,22-17+;;. The summed E-state index contributed by atoms with van der Waals surface area (Å²) in [5.41, 5.74) is 4.01. The Kier molecular flexibility index (Phi) is 12.4. The number of aryl methyl sites for hydroxylation is 1. The maximum atomic E-state index is 10.5. The van der Waals surface area contributed by atoms with Crippen LogP contribution in [-0.4, -0.2) is 52.1 Å². The number of nitrogens with zero attached hydrogens (tertiary/aromatic N) is 4. The molecule has 0 aliphatic carbocycles. The number of phenolic OH excluding ortho intramolecular Hbond substituents is 1. The first-order valence-corrected chi connectivity index (χ1v) is 11.8. The van der Waals surface area contributed by atoms with Gasteiger partial charge in [0.1, 0.15) is 11.6 Å². The zero-order chi connectivity index (χ0) is 23.2. The van der Waals surface area contributed by atoms with Crippen LogP contribution in [0.4, 0.5) is 0 Å². The molecule has 0 spiro atoms. The molecule has 0 atom stereocenters. The molecule has 0 amide bonds. The van der Waals surface area contributed by atoms with Crippen molar-refractivity contribution in [1.82, 2.24) is 14.6 Å². The minimum Gasteiger partial charge on any atom is -0.507 e. The van der Waals surface area contributed by atoms with Gasteiger partial charge in [0.2, 0.25) is 0 Å². The molecule has 0 bridgehead atoms. The van der Waals surface area contributed by atoms with Gasteiger partial charge < -0.3 is 15.3 Å². The third kappa shape index (κ3) is 7.92. The number of amidine groups is 1. The summed E-state index contributed by atoms with van der Waals surface area (Å²) in [5.74, 6) is 1.00. The van der Waals surface area contributed by atoms with Crippen molar-refractivity contribution >= 4 is 23.1 Å². The van der Waals surface area contributed by atoms with Gasteiger partial charge >= 0.3 is 0 Å². The third-order valence-electron chi connectivity index (χ3n) is 4.36. The normalized spacial score (nSPS) is 14.2. The van der Waals surface area contributed by atoms with Crippen LogP contribution in [0.3, 0.4) is 0 Å². The average Bonchev–Trinajstić information content (AvgIpc) is 3.23. The van der Waals surface area contributed by atoms with Gasteiger partial charge in [-0.05, 0) is 49.2 Å². The predicted molar refractivity (Wildman–Crippen MR) is 136 cm³/mol. The fourth-order valence-corrected chi connectivity index (χ4v) is 3.52. The molecule has 2 N–H and O–H groups in total. The molecule has 1 fully saturated rings. The fraction of sp³-hybridized carbons (Fsp3) is 0.458. The van der Waals surface area contributed by atoms with Crippen LogP contribution in [-0.2, 0) is 0 Å². The summed E-state index contributed by atoms with van der Waals surface area (Å²) in [6.07, 6.45) is 2.86. The number of rotatable bonds is 4. The van der Waals surface area contributed by atoms with Gasteiger partial charge in [-0.3, -0.25) is 0 Å². The van der Waals surface area contributed by atoms with E-state index in [1.54, 1.807) is 12.1 Å². The van der Waals surface area contributed by atoms with Crippen molar-refractivity contribution in [2.24, 2.45) is 10.2 Å². The first-order valence-electron chi connectivity index (χ1n) is 11.0. The van der Waals surface area contributed by atoms with Crippen LogP contribution in [0.25, 0.3) is 11.3 Å². The van der Waals surface area contributed by atoms with Crippen molar-refractivity contribution in [3.05, 3.63) is 47.4 Å². The average molecular weight is 444 g/mol. The summed E-state index contributed by atoms with van der Waals surface area (Å²) < 4.78 is 4.38.